The molecule has 0 unspecified atom stereocenters. The maximum Gasteiger partial charge on any atom is 0.387 e. The summed E-state index contributed by atoms with van der Waals surface area (Å²) >= 11 is 3.02. The molecule has 1 N–H and O–H groups in total. The van der Waals surface area contributed by atoms with E-state index in [1.54, 1.807) is 6.07 Å². The lowest BCUT2D eigenvalue weighted by molar-refractivity contribution is -0.0511. The summed E-state index contributed by atoms with van der Waals surface area (Å²) in [7, 11) is 1.34. The van der Waals surface area contributed by atoms with Crippen molar-refractivity contribution in [1.29, 1.82) is 0 Å². The van der Waals surface area contributed by atoms with E-state index in [0.717, 1.165) is 0 Å². The van der Waals surface area contributed by atoms with Crippen LogP contribution in [0.2, 0.25) is 0 Å². The van der Waals surface area contributed by atoms with Crippen LogP contribution in [0.4, 0.5) is 8.78 Å². The van der Waals surface area contributed by atoms with Gasteiger partial charge in [0.25, 0.3) is 5.56 Å². The number of methoxy groups -OCH3 is 1. The molecular weight excluding hydrogens is 338 g/mol. The van der Waals surface area contributed by atoms with Crippen LogP contribution in [0.15, 0.2) is 33.7 Å². The SMILES string of the molecule is COc1ccc(-c2ncc(Br)c(=O)[nH]2)cc1OC(F)F. The number of H-pyrrole nitrogens is 1. The Bertz CT molecular complexity index is 676. The Morgan fingerprint density at radius 1 is 1.35 bits per heavy atom. The van der Waals surface area contributed by atoms with Gasteiger partial charge in [0.2, 0.25) is 0 Å². The fraction of sp³-hybridized carbons (Fsp3) is 0.167. The van der Waals surface area contributed by atoms with Crippen molar-refractivity contribution in [3.05, 3.63) is 39.2 Å². The molecule has 8 heteroatoms. The number of alkyl halides is 2. The van der Waals surface area contributed by atoms with Gasteiger partial charge in [0.1, 0.15) is 10.3 Å². The molecule has 0 amide bonds. The van der Waals surface area contributed by atoms with Crippen LogP contribution < -0.4 is 15.0 Å². The molecule has 1 aromatic carbocycles. The normalized spacial score (nSPS) is 10.7. The van der Waals surface area contributed by atoms with E-state index in [-0.39, 0.29) is 27.4 Å². The highest BCUT2D eigenvalue weighted by Gasteiger charge is 2.13. The maximum atomic E-state index is 12.3. The first kappa shape index (κ1) is 14.4. The van der Waals surface area contributed by atoms with Crippen LogP contribution in [0.1, 0.15) is 0 Å². The minimum absolute atomic E-state index is 0.134. The van der Waals surface area contributed by atoms with E-state index in [1.165, 1.54) is 25.4 Å². The van der Waals surface area contributed by atoms with Crippen LogP contribution in [-0.2, 0) is 0 Å². The van der Waals surface area contributed by atoms with Crippen molar-refractivity contribution in [3.63, 3.8) is 0 Å². The van der Waals surface area contributed by atoms with E-state index in [0.29, 0.717) is 5.56 Å². The second-order valence-corrected chi connectivity index (χ2v) is 4.51. The monoisotopic (exact) mass is 346 g/mol. The van der Waals surface area contributed by atoms with Gasteiger partial charge in [0, 0.05) is 11.8 Å². The van der Waals surface area contributed by atoms with Gasteiger partial charge in [-0.25, -0.2) is 4.98 Å². The van der Waals surface area contributed by atoms with E-state index in [1.807, 2.05) is 0 Å². The smallest absolute Gasteiger partial charge is 0.387 e. The molecule has 0 saturated carbocycles. The zero-order valence-electron chi connectivity index (χ0n) is 10.2. The Balaban J connectivity index is 2.46. The van der Waals surface area contributed by atoms with Crippen molar-refractivity contribution < 1.29 is 18.3 Å². The molecule has 5 nitrogen and oxygen atoms in total. The number of nitrogens with zero attached hydrogens (tertiary/aromatic N) is 1. The second-order valence-electron chi connectivity index (χ2n) is 3.65. The van der Waals surface area contributed by atoms with Crippen molar-refractivity contribution >= 4 is 15.9 Å². The molecule has 0 spiro atoms. The molecule has 0 bridgehead atoms. The van der Waals surface area contributed by atoms with Gasteiger partial charge in [0.05, 0.1) is 7.11 Å². The highest BCUT2D eigenvalue weighted by molar-refractivity contribution is 9.10. The minimum atomic E-state index is -2.98. The number of hydrogen-bond acceptors (Lipinski definition) is 4. The number of halogens is 3. The third kappa shape index (κ3) is 3.13. The number of nitrogens with one attached hydrogen (secondary N) is 1. The van der Waals surface area contributed by atoms with Gasteiger partial charge in [-0.15, -0.1) is 0 Å². The van der Waals surface area contributed by atoms with E-state index in [4.69, 9.17) is 4.74 Å². The number of benzene rings is 1. The van der Waals surface area contributed by atoms with E-state index < -0.39 is 6.61 Å². The van der Waals surface area contributed by atoms with Crippen molar-refractivity contribution in [2.45, 2.75) is 6.61 Å². The zero-order valence-corrected chi connectivity index (χ0v) is 11.8. The number of aromatic nitrogens is 2. The molecule has 0 atom stereocenters. The largest absolute Gasteiger partial charge is 0.493 e. The summed E-state index contributed by atoms with van der Waals surface area (Å²) in [5.41, 5.74) is 0.0493. The van der Waals surface area contributed by atoms with Gasteiger partial charge < -0.3 is 14.5 Å². The molecule has 1 heterocycles. The molecule has 20 heavy (non-hydrogen) atoms. The standard InChI is InChI=1S/C12H9BrF2N2O3/c1-19-8-3-2-6(4-9(8)20-12(14)15)10-16-5-7(13)11(18)17-10/h2-5,12H,1H3,(H,16,17,18). The first-order valence-corrected chi connectivity index (χ1v) is 6.18. The molecule has 1 aromatic heterocycles. The second kappa shape index (κ2) is 6.00. The Kier molecular flexibility index (Phi) is 4.33. The van der Waals surface area contributed by atoms with Crippen LogP contribution in [0.25, 0.3) is 11.4 Å². The van der Waals surface area contributed by atoms with E-state index in [9.17, 15) is 13.6 Å². The lowest BCUT2D eigenvalue weighted by atomic mass is 10.2. The Morgan fingerprint density at radius 2 is 2.10 bits per heavy atom. The molecule has 2 rings (SSSR count). The lowest BCUT2D eigenvalue weighted by Gasteiger charge is -2.11. The molecule has 0 radical (unpaired) electrons. The molecule has 2 aromatic rings. The van der Waals surface area contributed by atoms with Crippen LogP contribution in [0.5, 0.6) is 11.5 Å². The van der Waals surface area contributed by atoms with Crippen molar-refractivity contribution in [1.82, 2.24) is 9.97 Å². The van der Waals surface area contributed by atoms with E-state index >= 15 is 0 Å². The van der Waals surface area contributed by atoms with Crippen molar-refractivity contribution in [2.75, 3.05) is 7.11 Å². The summed E-state index contributed by atoms with van der Waals surface area (Å²) < 4.78 is 34.2. The fourth-order valence-corrected chi connectivity index (χ4v) is 1.74. The Morgan fingerprint density at radius 3 is 2.70 bits per heavy atom. The fourth-order valence-electron chi connectivity index (χ4n) is 1.54. The highest BCUT2D eigenvalue weighted by atomic mass is 79.9. The predicted molar refractivity (Wildman–Crippen MR) is 71.2 cm³/mol. The quantitative estimate of drug-likeness (QED) is 0.924. The summed E-state index contributed by atoms with van der Waals surface area (Å²) in [5.74, 6) is 0.263. The molecule has 0 fully saturated rings. The Hall–Kier alpha value is -1.96. The molecule has 0 aliphatic rings. The van der Waals surface area contributed by atoms with Gasteiger partial charge >= 0.3 is 6.61 Å². The highest BCUT2D eigenvalue weighted by Crippen LogP contribution is 2.32. The summed E-state index contributed by atoms with van der Waals surface area (Å²) in [5, 5.41) is 0. The maximum absolute atomic E-state index is 12.3. The predicted octanol–water partition coefficient (Wildman–Crippen LogP) is 2.81. The third-order valence-corrected chi connectivity index (χ3v) is 2.97. The average Bonchev–Trinajstić information content (AvgIpc) is 2.41. The van der Waals surface area contributed by atoms with E-state index in [2.05, 4.69) is 30.6 Å². The first-order chi connectivity index (χ1) is 9.51. The average molecular weight is 347 g/mol. The van der Waals surface area contributed by atoms with Gasteiger partial charge in [-0.1, -0.05) is 0 Å². The van der Waals surface area contributed by atoms with Crippen molar-refractivity contribution in [3.8, 4) is 22.9 Å². The molecule has 0 saturated heterocycles. The number of aromatic amines is 1. The molecule has 0 aliphatic carbocycles. The summed E-state index contributed by atoms with van der Waals surface area (Å²) in [6, 6.07) is 4.34. The number of hydrogen-bond donors (Lipinski definition) is 1. The van der Waals surface area contributed by atoms with Gasteiger partial charge in [-0.05, 0) is 34.1 Å². The first-order valence-electron chi connectivity index (χ1n) is 5.39. The van der Waals surface area contributed by atoms with Gasteiger partial charge in [0.15, 0.2) is 11.5 Å². The number of ether oxygens (including phenoxy) is 2. The lowest BCUT2D eigenvalue weighted by Crippen LogP contribution is -2.09. The van der Waals surface area contributed by atoms with Crippen LogP contribution in [0, 0.1) is 0 Å². The van der Waals surface area contributed by atoms with Gasteiger partial charge in [-0.2, -0.15) is 8.78 Å². The summed E-state index contributed by atoms with van der Waals surface area (Å²) in [4.78, 5) is 18.0. The van der Waals surface area contributed by atoms with Crippen LogP contribution >= 0.6 is 15.9 Å². The van der Waals surface area contributed by atoms with Gasteiger partial charge in [-0.3, -0.25) is 4.79 Å². The summed E-state index contributed by atoms with van der Waals surface area (Å²) in [6.45, 7) is -2.98. The summed E-state index contributed by atoms with van der Waals surface area (Å²) in [6.07, 6.45) is 1.33. The zero-order chi connectivity index (χ0) is 14.7. The molecular formula is C12H9BrF2N2O3. The number of rotatable bonds is 4. The molecule has 0 aliphatic heterocycles. The Labute approximate surface area is 120 Å². The molecule has 106 valence electrons. The third-order valence-electron chi connectivity index (χ3n) is 2.41. The van der Waals surface area contributed by atoms with Crippen molar-refractivity contribution in [2.24, 2.45) is 0 Å². The minimum Gasteiger partial charge on any atom is -0.493 e. The van der Waals surface area contributed by atoms with Crippen LogP contribution in [-0.4, -0.2) is 23.7 Å². The van der Waals surface area contributed by atoms with Crippen LogP contribution in [0.3, 0.4) is 0 Å². The topological polar surface area (TPSA) is 64.2 Å².